The minimum atomic E-state index is -5.20. The number of anilines is 1. The van der Waals surface area contributed by atoms with Crippen LogP contribution in [0.5, 0.6) is 11.5 Å². The van der Waals surface area contributed by atoms with Gasteiger partial charge in [-0.15, -0.1) is 12.4 Å². The number of hydrogen-bond acceptors (Lipinski definition) is 6. The Morgan fingerprint density at radius 3 is 2.33 bits per heavy atom. The standard InChI is InChI=1S/C34H35F3N2O5.ClH/c1-7-43-26-16-22-17-32(2,3)38-28(27(22)24-18-33(4,5)44-29(24)26)21-13-14-23(30(40)42-6)25(15-21)39(31(41)34(35,36)37)19-20-11-9-8-10-12-20;/h8-16H,7,17-19H2,1-6H3;1H. The lowest BCUT2D eigenvalue weighted by Crippen LogP contribution is -2.41. The van der Waals surface area contributed by atoms with E-state index in [1.807, 2.05) is 40.7 Å². The third-order valence-electron chi connectivity index (χ3n) is 7.62. The summed E-state index contributed by atoms with van der Waals surface area (Å²) in [5.41, 5.74) is 2.63. The molecule has 0 aromatic heterocycles. The van der Waals surface area contributed by atoms with E-state index in [0.717, 1.165) is 23.8 Å². The number of halogens is 4. The van der Waals surface area contributed by atoms with Crippen molar-refractivity contribution in [2.24, 2.45) is 4.99 Å². The zero-order valence-electron chi connectivity index (χ0n) is 26.0. The van der Waals surface area contributed by atoms with Gasteiger partial charge in [-0.3, -0.25) is 14.7 Å². The molecule has 2 aliphatic heterocycles. The van der Waals surface area contributed by atoms with Crippen molar-refractivity contribution in [3.63, 3.8) is 0 Å². The average molecular weight is 645 g/mol. The van der Waals surface area contributed by atoms with E-state index >= 15 is 0 Å². The Kier molecular flexibility index (Phi) is 9.31. The fourth-order valence-corrected chi connectivity index (χ4v) is 5.91. The maximum absolute atomic E-state index is 14.0. The summed E-state index contributed by atoms with van der Waals surface area (Å²) in [5.74, 6) is -1.72. The van der Waals surface area contributed by atoms with E-state index in [4.69, 9.17) is 19.2 Å². The fraction of sp³-hybridized carbons (Fsp3) is 0.382. The lowest BCUT2D eigenvalue weighted by Gasteiger charge is -2.32. The number of alkyl halides is 3. The van der Waals surface area contributed by atoms with E-state index in [-0.39, 0.29) is 23.7 Å². The van der Waals surface area contributed by atoms with E-state index in [0.29, 0.717) is 52.7 Å². The van der Waals surface area contributed by atoms with Crippen LogP contribution in [-0.2, 0) is 28.9 Å². The topological polar surface area (TPSA) is 77.4 Å². The number of esters is 1. The monoisotopic (exact) mass is 644 g/mol. The van der Waals surface area contributed by atoms with Gasteiger partial charge in [-0.1, -0.05) is 36.4 Å². The normalized spacial score (nSPS) is 15.9. The summed E-state index contributed by atoms with van der Waals surface area (Å²) in [7, 11) is 1.14. The van der Waals surface area contributed by atoms with E-state index in [2.05, 4.69) is 0 Å². The van der Waals surface area contributed by atoms with Crippen LogP contribution in [-0.4, -0.2) is 48.6 Å². The van der Waals surface area contributed by atoms with Gasteiger partial charge in [-0.25, -0.2) is 4.79 Å². The zero-order chi connectivity index (χ0) is 32.0. The van der Waals surface area contributed by atoms with Crippen LogP contribution in [0.15, 0.2) is 59.6 Å². The predicted molar refractivity (Wildman–Crippen MR) is 168 cm³/mol. The van der Waals surface area contributed by atoms with Crippen molar-refractivity contribution in [1.29, 1.82) is 0 Å². The number of ether oxygens (including phenoxy) is 3. The molecule has 0 radical (unpaired) electrons. The highest BCUT2D eigenvalue weighted by molar-refractivity contribution is 6.17. The van der Waals surface area contributed by atoms with Gasteiger partial charge in [0.05, 0.1) is 42.8 Å². The number of aliphatic imine (C=N–C) groups is 1. The van der Waals surface area contributed by atoms with E-state index in [1.165, 1.54) is 12.1 Å². The summed E-state index contributed by atoms with van der Waals surface area (Å²) in [5, 5.41) is 0. The number of methoxy groups -OCH3 is 1. The highest BCUT2D eigenvalue weighted by atomic mass is 35.5. The number of carbonyl (C=O) groups is 2. The molecule has 0 N–H and O–H groups in total. The molecule has 11 heteroatoms. The van der Waals surface area contributed by atoms with Crippen molar-refractivity contribution in [3.05, 3.63) is 88.0 Å². The van der Waals surface area contributed by atoms with Crippen LogP contribution < -0.4 is 14.4 Å². The molecule has 7 nitrogen and oxygen atoms in total. The van der Waals surface area contributed by atoms with Crippen molar-refractivity contribution in [2.45, 2.75) is 71.3 Å². The first-order valence-corrected chi connectivity index (χ1v) is 14.4. The Morgan fingerprint density at radius 1 is 1.02 bits per heavy atom. The van der Waals surface area contributed by atoms with Gasteiger partial charge in [0.2, 0.25) is 0 Å². The van der Waals surface area contributed by atoms with E-state index in [9.17, 15) is 22.8 Å². The third-order valence-corrected chi connectivity index (χ3v) is 7.62. The molecule has 2 aliphatic rings. The molecular weight excluding hydrogens is 609 g/mol. The summed E-state index contributed by atoms with van der Waals surface area (Å²) in [4.78, 5) is 31.5. The first-order valence-electron chi connectivity index (χ1n) is 14.4. The van der Waals surface area contributed by atoms with Crippen LogP contribution in [0.3, 0.4) is 0 Å². The zero-order valence-corrected chi connectivity index (χ0v) is 26.8. The molecule has 5 rings (SSSR count). The second kappa shape index (κ2) is 12.4. The van der Waals surface area contributed by atoms with Crippen LogP contribution in [0, 0.1) is 0 Å². The number of nitrogens with zero attached hydrogens (tertiary/aromatic N) is 2. The molecule has 0 saturated carbocycles. The molecule has 3 aromatic rings. The van der Waals surface area contributed by atoms with Gasteiger partial charge in [0, 0.05) is 23.1 Å². The summed E-state index contributed by atoms with van der Waals surface area (Å²) in [6.07, 6.45) is -4.04. The molecule has 2 heterocycles. The molecule has 0 saturated heterocycles. The second-order valence-electron chi connectivity index (χ2n) is 12.2. The third kappa shape index (κ3) is 6.81. The second-order valence-corrected chi connectivity index (χ2v) is 12.2. The number of amides is 1. The number of benzene rings is 3. The average Bonchev–Trinajstić information content (AvgIpc) is 3.29. The Morgan fingerprint density at radius 2 is 1.71 bits per heavy atom. The van der Waals surface area contributed by atoms with Gasteiger partial charge in [0.25, 0.3) is 0 Å². The number of carbonyl (C=O) groups excluding carboxylic acids is 2. The predicted octanol–water partition coefficient (Wildman–Crippen LogP) is 7.27. The molecule has 240 valence electrons. The highest BCUT2D eigenvalue weighted by Gasteiger charge is 2.45. The number of fused-ring (bicyclic) bond motifs is 3. The molecule has 0 unspecified atom stereocenters. The van der Waals surface area contributed by atoms with Gasteiger partial charge in [-0.2, -0.15) is 13.2 Å². The largest absolute Gasteiger partial charge is 0.490 e. The van der Waals surface area contributed by atoms with Crippen LogP contribution in [0.1, 0.15) is 72.8 Å². The van der Waals surface area contributed by atoms with Crippen molar-refractivity contribution < 1.29 is 37.0 Å². The highest BCUT2D eigenvalue weighted by Crippen LogP contribution is 2.48. The summed E-state index contributed by atoms with van der Waals surface area (Å²) in [6, 6.07) is 14.7. The molecule has 0 fully saturated rings. The number of rotatable bonds is 7. The van der Waals surface area contributed by atoms with Crippen molar-refractivity contribution in [2.75, 3.05) is 18.6 Å². The fourth-order valence-electron chi connectivity index (χ4n) is 5.91. The molecular formula is C34H36ClF3N2O5. The minimum absolute atomic E-state index is 0. The summed E-state index contributed by atoms with van der Waals surface area (Å²) in [6.45, 7) is 9.83. The molecule has 0 aliphatic carbocycles. The Labute approximate surface area is 266 Å². The van der Waals surface area contributed by atoms with Crippen molar-refractivity contribution in [3.8, 4) is 11.5 Å². The summed E-state index contributed by atoms with van der Waals surface area (Å²) < 4.78 is 59.3. The Hall–Kier alpha value is -4.05. The van der Waals surface area contributed by atoms with E-state index in [1.54, 1.807) is 36.4 Å². The summed E-state index contributed by atoms with van der Waals surface area (Å²) >= 11 is 0. The SMILES string of the molecule is CCOc1cc2c(c3c1OC(C)(C)C3)C(c1ccc(C(=O)OC)c(N(Cc3ccccc3)C(=O)C(F)(F)F)c1)=NC(C)(C)C2.Cl. The molecule has 45 heavy (non-hydrogen) atoms. The quantitative estimate of drug-likeness (QED) is 0.253. The Bertz CT molecular complexity index is 1650. The first-order chi connectivity index (χ1) is 20.6. The van der Waals surface area contributed by atoms with Crippen LogP contribution in [0.2, 0.25) is 0 Å². The maximum Gasteiger partial charge on any atom is 0.471 e. The van der Waals surface area contributed by atoms with Gasteiger partial charge < -0.3 is 14.2 Å². The molecule has 0 spiro atoms. The molecule has 3 aromatic carbocycles. The van der Waals surface area contributed by atoms with Gasteiger partial charge in [-0.05, 0) is 70.4 Å². The van der Waals surface area contributed by atoms with Crippen LogP contribution in [0.4, 0.5) is 18.9 Å². The van der Waals surface area contributed by atoms with Crippen molar-refractivity contribution >= 4 is 35.7 Å². The van der Waals surface area contributed by atoms with Gasteiger partial charge in [0.1, 0.15) is 5.60 Å². The molecule has 0 atom stereocenters. The smallest absolute Gasteiger partial charge is 0.471 e. The lowest BCUT2D eigenvalue weighted by atomic mass is 9.80. The van der Waals surface area contributed by atoms with Gasteiger partial charge in [0.15, 0.2) is 11.5 Å². The van der Waals surface area contributed by atoms with Crippen molar-refractivity contribution in [1.82, 2.24) is 0 Å². The Balaban J connectivity index is 0.00000461. The maximum atomic E-state index is 14.0. The molecule has 1 amide bonds. The van der Waals surface area contributed by atoms with Crippen LogP contribution in [0.25, 0.3) is 0 Å². The molecule has 0 bridgehead atoms. The minimum Gasteiger partial charge on any atom is -0.490 e. The number of hydrogen-bond donors (Lipinski definition) is 0. The van der Waals surface area contributed by atoms with Gasteiger partial charge >= 0.3 is 18.1 Å². The first kappa shape index (κ1) is 33.8. The lowest BCUT2D eigenvalue weighted by molar-refractivity contribution is -0.170. The van der Waals surface area contributed by atoms with Crippen LogP contribution >= 0.6 is 12.4 Å². The van der Waals surface area contributed by atoms with E-state index < -0.39 is 35.7 Å².